The molecule has 0 amide bonds. The van der Waals surface area contributed by atoms with Crippen LogP contribution in [-0.4, -0.2) is 9.78 Å². The lowest BCUT2D eigenvalue weighted by atomic mass is 10.2. The number of hydrogen-bond acceptors (Lipinski definition) is 2. The average molecular weight is 235 g/mol. The molecule has 0 spiro atoms. The fraction of sp³-hybridized carbons (Fsp3) is 0.250. The number of hydrogen-bond donors (Lipinski definition) is 1. The van der Waals surface area contributed by atoms with Crippen molar-refractivity contribution in [3.05, 3.63) is 41.1 Å². The third kappa shape index (κ3) is 1.50. The molecule has 3 rings (SSSR count). The third-order valence-corrected chi connectivity index (χ3v) is 3.10. The topological polar surface area (TPSA) is 43.8 Å². The van der Waals surface area contributed by atoms with Crippen molar-refractivity contribution in [2.75, 3.05) is 5.73 Å². The summed E-state index contributed by atoms with van der Waals surface area (Å²) in [4.78, 5) is 0. The lowest BCUT2D eigenvalue weighted by Gasteiger charge is -2.06. The lowest BCUT2D eigenvalue weighted by Crippen LogP contribution is -2.04. The fourth-order valence-electron chi connectivity index (χ4n) is 2.31. The van der Waals surface area contributed by atoms with E-state index in [-0.39, 0.29) is 5.69 Å². The zero-order valence-corrected chi connectivity index (χ0v) is 9.08. The van der Waals surface area contributed by atoms with Crippen LogP contribution in [-0.2, 0) is 12.8 Å². The van der Waals surface area contributed by atoms with E-state index in [0.29, 0.717) is 5.82 Å². The monoisotopic (exact) mass is 235 g/mol. The van der Waals surface area contributed by atoms with E-state index in [1.165, 1.54) is 4.68 Å². The van der Waals surface area contributed by atoms with Gasteiger partial charge in [-0.3, -0.25) is 0 Å². The standard InChI is InChI=1S/C12H11F2N3/c13-7-4-5-9(14)11(6-7)17-10-3-1-2-8(10)12(15)16-17/h4-6H,1-3H2,(H2,15,16). The number of rotatable bonds is 1. The molecule has 1 aromatic carbocycles. The van der Waals surface area contributed by atoms with Gasteiger partial charge in [0.1, 0.15) is 23.1 Å². The zero-order chi connectivity index (χ0) is 12.0. The Morgan fingerprint density at radius 1 is 1.24 bits per heavy atom. The fourth-order valence-corrected chi connectivity index (χ4v) is 2.31. The summed E-state index contributed by atoms with van der Waals surface area (Å²) in [5, 5.41) is 4.09. The molecule has 5 heteroatoms. The maximum atomic E-state index is 13.7. The summed E-state index contributed by atoms with van der Waals surface area (Å²) < 4.78 is 28.2. The van der Waals surface area contributed by atoms with Gasteiger partial charge in [-0.1, -0.05) is 0 Å². The van der Waals surface area contributed by atoms with Gasteiger partial charge in [0.2, 0.25) is 0 Å². The number of halogens is 2. The van der Waals surface area contributed by atoms with Crippen LogP contribution in [0.25, 0.3) is 5.69 Å². The SMILES string of the molecule is Nc1nn(-c2cc(F)ccc2F)c2c1CCC2. The molecule has 1 heterocycles. The summed E-state index contributed by atoms with van der Waals surface area (Å²) in [7, 11) is 0. The number of benzene rings is 1. The van der Waals surface area contributed by atoms with Crippen molar-refractivity contribution in [3.63, 3.8) is 0 Å². The zero-order valence-electron chi connectivity index (χ0n) is 9.08. The Labute approximate surface area is 96.9 Å². The Hall–Kier alpha value is -1.91. The predicted molar refractivity (Wildman–Crippen MR) is 59.9 cm³/mol. The highest BCUT2D eigenvalue weighted by Crippen LogP contribution is 2.29. The predicted octanol–water partition coefficient (Wildman–Crippen LogP) is 2.22. The van der Waals surface area contributed by atoms with Crippen molar-refractivity contribution >= 4 is 5.82 Å². The minimum Gasteiger partial charge on any atom is -0.382 e. The van der Waals surface area contributed by atoms with E-state index >= 15 is 0 Å². The summed E-state index contributed by atoms with van der Waals surface area (Å²) in [5.74, 6) is -0.563. The highest BCUT2D eigenvalue weighted by Gasteiger charge is 2.23. The van der Waals surface area contributed by atoms with Crippen molar-refractivity contribution in [3.8, 4) is 5.69 Å². The molecule has 17 heavy (non-hydrogen) atoms. The first-order valence-electron chi connectivity index (χ1n) is 5.48. The lowest BCUT2D eigenvalue weighted by molar-refractivity contribution is 0.584. The second-order valence-corrected chi connectivity index (χ2v) is 4.17. The summed E-state index contributed by atoms with van der Waals surface area (Å²) in [5.41, 5.74) is 7.76. The molecule has 0 bridgehead atoms. The van der Waals surface area contributed by atoms with Crippen LogP contribution in [0.3, 0.4) is 0 Å². The molecule has 0 radical (unpaired) electrons. The third-order valence-electron chi connectivity index (χ3n) is 3.10. The van der Waals surface area contributed by atoms with E-state index in [4.69, 9.17) is 5.73 Å². The van der Waals surface area contributed by atoms with Gasteiger partial charge in [0.15, 0.2) is 0 Å². The molecular formula is C12H11F2N3. The van der Waals surface area contributed by atoms with Crippen LogP contribution in [0.4, 0.5) is 14.6 Å². The molecule has 88 valence electrons. The molecule has 2 N–H and O–H groups in total. The first-order valence-corrected chi connectivity index (χ1v) is 5.48. The first-order chi connectivity index (χ1) is 8.16. The smallest absolute Gasteiger partial charge is 0.149 e. The Morgan fingerprint density at radius 3 is 2.88 bits per heavy atom. The van der Waals surface area contributed by atoms with Gasteiger partial charge in [-0.15, -0.1) is 0 Å². The van der Waals surface area contributed by atoms with Gasteiger partial charge in [0, 0.05) is 17.3 Å². The normalized spacial score (nSPS) is 14.0. The number of nitrogens with zero attached hydrogens (tertiary/aromatic N) is 2. The molecule has 0 saturated carbocycles. The van der Waals surface area contributed by atoms with Gasteiger partial charge in [-0.25, -0.2) is 13.5 Å². The highest BCUT2D eigenvalue weighted by molar-refractivity contribution is 5.49. The number of fused-ring (bicyclic) bond motifs is 1. The van der Waals surface area contributed by atoms with Gasteiger partial charge in [0.05, 0.1) is 0 Å². The van der Waals surface area contributed by atoms with Crippen LogP contribution >= 0.6 is 0 Å². The molecule has 1 aromatic heterocycles. The maximum Gasteiger partial charge on any atom is 0.149 e. The van der Waals surface area contributed by atoms with Gasteiger partial charge in [0.25, 0.3) is 0 Å². The molecule has 1 aliphatic carbocycles. The van der Waals surface area contributed by atoms with Gasteiger partial charge in [-0.05, 0) is 31.4 Å². The molecule has 0 aliphatic heterocycles. The van der Waals surface area contributed by atoms with Gasteiger partial charge in [-0.2, -0.15) is 5.10 Å². The van der Waals surface area contributed by atoms with Crippen LogP contribution in [0, 0.1) is 11.6 Å². The Balaban J connectivity index is 2.22. The quantitative estimate of drug-likeness (QED) is 0.823. The van der Waals surface area contributed by atoms with Crippen LogP contribution in [0.1, 0.15) is 17.7 Å². The Bertz CT molecular complexity index is 590. The van der Waals surface area contributed by atoms with Crippen molar-refractivity contribution in [1.29, 1.82) is 0 Å². The molecule has 3 nitrogen and oxygen atoms in total. The minimum atomic E-state index is -0.497. The van der Waals surface area contributed by atoms with Gasteiger partial charge >= 0.3 is 0 Å². The summed E-state index contributed by atoms with van der Waals surface area (Å²) in [6.07, 6.45) is 2.64. The van der Waals surface area contributed by atoms with E-state index in [9.17, 15) is 8.78 Å². The Kier molecular flexibility index (Phi) is 2.14. The molecule has 0 saturated heterocycles. The molecule has 2 aromatic rings. The molecular weight excluding hydrogens is 224 g/mol. The van der Waals surface area contributed by atoms with Crippen molar-refractivity contribution < 1.29 is 8.78 Å². The molecule has 0 fully saturated rings. The largest absolute Gasteiger partial charge is 0.382 e. The maximum absolute atomic E-state index is 13.7. The number of nitrogen functional groups attached to an aromatic ring is 1. The van der Waals surface area contributed by atoms with E-state index in [0.717, 1.165) is 48.7 Å². The van der Waals surface area contributed by atoms with E-state index < -0.39 is 11.6 Å². The van der Waals surface area contributed by atoms with Crippen LogP contribution in [0.5, 0.6) is 0 Å². The van der Waals surface area contributed by atoms with Crippen LogP contribution < -0.4 is 5.73 Å². The first kappa shape index (κ1) is 10.3. The summed E-state index contributed by atoms with van der Waals surface area (Å²) >= 11 is 0. The minimum absolute atomic E-state index is 0.125. The molecule has 0 atom stereocenters. The number of nitrogens with two attached hydrogens (primary N) is 1. The van der Waals surface area contributed by atoms with Crippen LogP contribution in [0.2, 0.25) is 0 Å². The second-order valence-electron chi connectivity index (χ2n) is 4.17. The van der Waals surface area contributed by atoms with Crippen molar-refractivity contribution in [1.82, 2.24) is 9.78 Å². The van der Waals surface area contributed by atoms with Gasteiger partial charge < -0.3 is 5.73 Å². The molecule has 0 unspecified atom stereocenters. The number of anilines is 1. The van der Waals surface area contributed by atoms with Crippen LogP contribution in [0.15, 0.2) is 18.2 Å². The molecule has 1 aliphatic rings. The Morgan fingerprint density at radius 2 is 2.06 bits per heavy atom. The van der Waals surface area contributed by atoms with E-state index in [1.54, 1.807) is 0 Å². The summed E-state index contributed by atoms with van der Waals surface area (Å²) in [6, 6.07) is 3.33. The van der Waals surface area contributed by atoms with Crippen molar-refractivity contribution in [2.24, 2.45) is 0 Å². The number of aromatic nitrogens is 2. The van der Waals surface area contributed by atoms with E-state index in [2.05, 4.69) is 5.10 Å². The summed E-state index contributed by atoms with van der Waals surface area (Å²) in [6.45, 7) is 0. The van der Waals surface area contributed by atoms with Crippen molar-refractivity contribution in [2.45, 2.75) is 19.3 Å². The second kappa shape index (κ2) is 3.55. The van der Waals surface area contributed by atoms with E-state index in [1.807, 2.05) is 0 Å². The average Bonchev–Trinajstić information content (AvgIpc) is 2.87. The highest BCUT2D eigenvalue weighted by atomic mass is 19.1.